The predicted octanol–water partition coefficient (Wildman–Crippen LogP) is 4.51. The van der Waals surface area contributed by atoms with Crippen LogP contribution in [0.1, 0.15) is 19.4 Å². The van der Waals surface area contributed by atoms with E-state index in [1.165, 1.54) is 18.3 Å². The van der Waals surface area contributed by atoms with Crippen molar-refractivity contribution >= 4 is 15.9 Å². The molecule has 0 saturated heterocycles. The fraction of sp³-hybridized carbons (Fsp3) is 0.400. The molecule has 0 bridgehead atoms. The molecular formula is C15H16BrF4N3O2. The van der Waals surface area contributed by atoms with E-state index in [2.05, 4.69) is 35.6 Å². The molecule has 0 radical (unpaired) electrons. The average Bonchev–Trinajstić information content (AvgIpc) is 2.54. The Morgan fingerprint density at radius 2 is 1.76 bits per heavy atom. The normalized spacial score (nSPS) is 10.9. The van der Waals surface area contributed by atoms with Gasteiger partial charge in [0.2, 0.25) is 11.8 Å². The third-order valence-corrected chi connectivity index (χ3v) is 3.17. The summed E-state index contributed by atoms with van der Waals surface area (Å²) < 4.78 is 61.4. The van der Waals surface area contributed by atoms with Crippen LogP contribution in [0.4, 0.5) is 17.6 Å². The third kappa shape index (κ3) is 6.20. The Morgan fingerprint density at radius 1 is 1.12 bits per heavy atom. The second-order valence-corrected chi connectivity index (χ2v) is 5.18. The number of hydrogen-bond donors (Lipinski definition) is 0. The molecule has 2 heterocycles. The molecule has 0 spiro atoms. The largest absolute Gasteiger partial charge is 0.480 e. The molecule has 0 aliphatic rings. The first-order chi connectivity index (χ1) is 11.7. The lowest BCUT2D eigenvalue weighted by Crippen LogP contribution is -2.14. The highest BCUT2D eigenvalue weighted by Crippen LogP contribution is 2.37. The molecule has 2 rings (SSSR count). The van der Waals surface area contributed by atoms with Crippen molar-refractivity contribution in [1.29, 1.82) is 0 Å². The minimum atomic E-state index is -4.94. The first-order valence-corrected chi connectivity index (χ1v) is 7.92. The SMILES string of the molecule is CCOCC.COc1nc(-c2ccc(Br)nc2)nc(F)c1C(F)(F)F. The number of alkyl halides is 3. The van der Waals surface area contributed by atoms with Crippen molar-refractivity contribution in [1.82, 2.24) is 15.0 Å². The summed E-state index contributed by atoms with van der Waals surface area (Å²) >= 11 is 3.10. The summed E-state index contributed by atoms with van der Waals surface area (Å²) in [5.41, 5.74) is -1.37. The van der Waals surface area contributed by atoms with Crippen LogP contribution < -0.4 is 4.74 Å². The van der Waals surface area contributed by atoms with E-state index in [9.17, 15) is 17.6 Å². The van der Waals surface area contributed by atoms with E-state index in [0.29, 0.717) is 4.60 Å². The number of ether oxygens (including phenoxy) is 2. The molecule has 2 aromatic heterocycles. The van der Waals surface area contributed by atoms with Gasteiger partial charge in [-0.15, -0.1) is 0 Å². The number of nitrogens with zero attached hydrogens (tertiary/aromatic N) is 3. The Bertz CT molecular complexity index is 680. The summed E-state index contributed by atoms with van der Waals surface area (Å²) in [7, 11) is 0.973. The van der Waals surface area contributed by atoms with Crippen molar-refractivity contribution in [2.45, 2.75) is 20.0 Å². The third-order valence-electron chi connectivity index (χ3n) is 2.70. The van der Waals surface area contributed by atoms with Crippen molar-refractivity contribution < 1.29 is 27.0 Å². The second kappa shape index (κ2) is 9.62. The van der Waals surface area contributed by atoms with Gasteiger partial charge in [-0.2, -0.15) is 27.5 Å². The van der Waals surface area contributed by atoms with Crippen molar-refractivity contribution in [2.75, 3.05) is 20.3 Å². The molecular weight excluding hydrogens is 410 g/mol. The van der Waals surface area contributed by atoms with E-state index in [0.717, 1.165) is 20.3 Å². The zero-order valence-corrected chi connectivity index (χ0v) is 15.3. The quantitative estimate of drug-likeness (QED) is 0.409. The molecule has 0 amide bonds. The van der Waals surface area contributed by atoms with Crippen LogP contribution in [-0.4, -0.2) is 35.3 Å². The predicted molar refractivity (Wildman–Crippen MR) is 86.6 cm³/mol. The lowest BCUT2D eigenvalue weighted by Gasteiger charge is -2.12. The van der Waals surface area contributed by atoms with Crippen LogP contribution in [0.25, 0.3) is 11.4 Å². The maximum Gasteiger partial charge on any atom is 0.426 e. The van der Waals surface area contributed by atoms with Crippen LogP contribution >= 0.6 is 15.9 Å². The van der Waals surface area contributed by atoms with Crippen LogP contribution in [0.3, 0.4) is 0 Å². The Kier molecular flexibility index (Phi) is 8.17. The van der Waals surface area contributed by atoms with Crippen LogP contribution in [-0.2, 0) is 10.9 Å². The van der Waals surface area contributed by atoms with Gasteiger partial charge in [0.15, 0.2) is 11.4 Å². The van der Waals surface area contributed by atoms with Gasteiger partial charge in [-0.05, 0) is 41.9 Å². The Balaban J connectivity index is 0.000000550. The van der Waals surface area contributed by atoms with E-state index < -0.39 is 23.6 Å². The van der Waals surface area contributed by atoms with Gasteiger partial charge in [0, 0.05) is 25.0 Å². The summed E-state index contributed by atoms with van der Waals surface area (Å²) in [6.45, 7) is 5.67. The molecule has 2 aromatic rings. The zero-order valence-electron chi connectivity index (χ0n) is 13.7. The van der Waals surface area contributed by atoms with Crippen molar-refractivity contribution in [3.8, 4) is 17.3 Å². The van der Waals surface area contributed by atoms with E-state index in [1.54, 1.807) is 0 Å². The monoisotopic (exact) mass is 425 g/mol. The first-order valence-electron chi connectivity index (χ1n) is 7.12. The zero-order chi connectivity index (χ0) is 19.0. The lowest BCUT2D eigenvalue weighted by molar-refractivity contribution is -0.142. The maximum absolute atomic E-state index is 13.6. The molecule has 0 aromatic carbocycles. The van der Waals surface area contributed by atoms with Gasteiger partial charge < -0.3 is 9.47 Å². The van der Waals surface area contributed by atoms with E-state index in [-0.39, 0.29) is 11.4 Å². The van der Waals surface area contributed by atoms with E-state index in [4.69, 9.17) is 4.74 Å². The number of rotatable bonds is 4. The van der Waals surface area contributed by atoms with Gasteiger partial charge in [0.05, 0.1) is 7.11 Å². The van der Waals surface area contributed by atoms with E-state index >= 15 is 0 Å². The fourth-order valence-corrected chi connectivity index (χ4v) is 1.88. The van der Waals surface area contributed by atoms with Crippen molar-refractivity contribution in [3.63, 3.8) is 0 Å². The highest BCUT2D eigenvalue weighted by atomic mass is 79.9. The van der Waals surface area contributed by atoms with Gasteiger partial charge in [-0.25, -0.2) is 4.98 Å². The summed E-state index contributed by atoms with van der Waals surface area (Å²) in [4.78, 5) is 10.6. The number of halogens is 5. The smallest absolute Gasteiger partial charge is 0.426 e. The molecule has 138 valence electrons. The van der Waals surface area contributed by atoms with E-state index in [1.807, 2.05) is 13.8 Å². The Morgan fingerprint density at radius 3 is 2.16 bits per heavy atom. The van der Waals surface area contributed by atoms with Gasteiger partial charge in [0.1, 0.15) is 4.60 Å². The summed E-state index contributed by atoms with van der Waals surface area (Å²) in [5.74, 6) is -2.81. The Labute approximate surface area is 150 Å². The van der Waals surface area contributed by atoms with Crippen LogP contribution in [0.15, 0.2) is 22.9 Å². The fourth-order valence-electron chi connectivity index (χ4n) is 1.64. The molecule has 5 nitrogen and oxygen atoms in total. The molecule has 0 atom stereocenters. The number of pyridine rings is 1. The summed E-state index contributed by atoms with van der Waals surface area (Å²) in [5, 5.41) is 0. The molecule has 25 heavy (non-hydrogen) atoms. The van der Waals surface area contributed by atoms with Crippen LogP contribution in [0.2, 0.25) is 0 Å². The summed E-state index contributed by atoms with van der Waals surface area (Å²) in [6, 6.07) is 3.01. The molecule has 0 aliphatic heterocycles. The maximum atomic E-state index is 13.6. The highest BCUT2D eigenvalue weighted by Gasteiger charge is 2.40. The first kappa shape index (κ1) is 21.2. The summed E-state index contributed by atoms with van der Waals surface area (Å²) in [6.07, 6.45) is -3.64. The molecule has 0 unspecified atom stereocenters. The molecule has 0 N–H and O–H groups in total. The number of hydrogen-bond acceptors (Lipinski definition) is 5. The van der Waals surface area contributed by atoms with Crippen molar-refractivity contribution in [3.05, 3.63) is 34.4 Å². The topological polar surface area (TPSA) is 57.1 Å². The molecule has 0 saturated carbocycles. The second-order valence-electron chi connectivity index (χ2n) is 4.37. The molecule has 10 heteroatoms. The van der Waals surface area contributed by atoms with Crippen LogP contribution in [0, 0.1) is 5.95 Å². The minimum Gasteiger partial charge on any atom is -0.480 e. The Hall–Kier alpha value is -1.81. The van der Waals surface area contributed by atoms with Gasteiger partial charge >= 0.3 is 6.18 Å². The molecule has 0 fully saturated rings. The highest BCUT2D eigenvalue weighted by molar-refractivity contribution is 9.10. The van der Waals surface area contributed by atoms with Crippen molar-refractivity contribution in [2.24, 2.45) is 0 Å². The molecule has 0 aliphatic carbocycles. The van der Waals surface area contributed by atoms with Gasteiger partial charge in [-0.3, -0.25) is 0 Å². The average molecular weight is 426 g/mol. The lowest BCUT2D eigenvalue weighted by atomic mass is 10.2. The van der Waals surface area contributed by atoms with Gasteiger partial charge in [-0.1, -0.05) is 0 Å². The number of methoxy groups -OCH3 is 1. The van der Waals surface area contributed by atoms with Crippen LogP contribution in [0.5, 0.6) is 5.88 Å². The minimum absolute atomic E-state index is 0.243. The van der Waals surface area contributed by atoms with Gasteiger partial charge in [0.25, 0.3) is 0 Å². The standard InChI is InChI=1S/C11H6BrF4N3O.C4H10O/c1-20-10-7(11(14,15)16)8(13)18-9(19-10)5-2-3-6(12)17-4-5;1-3-5-4-2/h2-4H,1H3;3-4H2,1-2H3. The number of aromatic nitrogens is 3.